The fourth-order valence-electron chi connectivity index (χ4n) is 3.11. The van der Waals surface area contributed by atoms with Gasteiger partial charge >= 0.3 is 0 Å². The summed E-state index contributed by atoms with van der Waals surface area (Å²) in [5, 5.41) is 14.6. The van der Waals surface area contributed by atoms with Crippen LogP contribution in [0.2, 0.25) is 0 Å². The Morgan fingerprint density at radius 2 is 1.86 bits per heavy atom. The Hall–Kier alpha value is -3.58. The number of amides is 1. The molecule has 2 aromatic carbocycles. The minimum Gasteiger partial charge on any atom is -0.321 e. The van der Waals surface area contributed by atoms with E-state index in [0.717, 1.165) is 31.9 Å². The molecule has 0 aliphatic carbocycles. The van der Waals surface area contributed by atoms with Gasteiger partial charge < -0.3 is 5.32 Å². The van der Waals surface area contributed by atoms with Crippen LogP contribution >= 0.6 is 11.3 Å². The van der Waals surface area contributed by atoms with Gasteiger partial charge in [0.25, 0.3) is 11.6 Å². The maximum absolute atomic E-state index is 13.1. The first-order valence-corrected chi connectivity index (χ1v) is 9.77. The number of aromatic nitrogens is 1. The quantitative estimate of drug-likeness (QED) is 0.348. The maximum Gasteiger partial charge on any atom is 0.271 e. The topological polar surface area (TPSA) is 85.1 Å². The summed E-state index contributed by atoms with van der Waals surface area (Å²) >= 11 is 1.61. The van der Waals surface area contributed by atoms with E-state index < -0.39 is 4.92 Å². The summed E-state index contributed by atoms with van der Waals surface area (Å²) in [6.45, 7) is 3.82. The molecular weight excluding hydrogens is 386 g/mol. The Kier molecular flexibility index (Phi) is 4.82. The van der Waals surface area contributed by atoms with E-state index in [1.807, 2.05) is 43.3 Å². The molecule has 2 aromatic heterocycles. The highest BCUT2D eigenvalue weighted by Gasteiger charge is 2.17. The van der Waals surface area contributed by atoms with Crippen LogP contribution in [0.1, 0.15) is 20.8 Å². The number of anilines is 1. The normalized spacial score (nSPS) is 10.8. The number of pyridine rings is 1. The molecule has 144 valence electrons. The molecule has 1 amide bonds. The lowest BCUT2D eigenvalue weighted by Gasteiger charge is -2.11. The lowest BCUT2D eigenvalue weighted by Crippen LogP contribution is -2.14. The summed E-state index contributed by atoms with van der Waals surface area (Å²) in [5.41, 5.74) is 3.01. The number of para-hydroxylation sites is 1. The predicted octanol–water partition coefficient (Wildman–Crippen LogP) is 5.74. The van der Waals surface area contributed by atoms with Crippen molar-refractivity contribution in [2.24, 2.45) is 0 Å². The average molecular weight is 403 g/mol. The summed E-state index contributed by atoms with van der Waals surface area (Å²) < 4.78 is 0. The number of nitro benzene ring substituents is 1. The van der Waals surface area contributed by atoms with Crippen LogP contribution in [0, 0.1) is 24.0 Å². The lowest BCUT2D eigenvalue weighted by molar-refractivity contribution is -0.384. The van der Waals surface area contributed by atoms with Crippen molar-refractivity contribution in [2.45, 2.75) is 13.8 Å². The van der Waals surface area contributed by atoms with Gasteiger partial charge in [0.15, 0.2) is 0 Å². The van der Waals surface area contributed by atoms with Gasteiger partial charge in [0.05, 0.1) is 32.3 Å². The molecule has 1 N–H and O–H groups in total. The molecule has 0 fully saturated rings. The number of hydrogen-bond acceptors (Lipinski definition) is 5. The van der Waals surface area contributed by atoms with Crippen molar-refractivity contribution in [1.82, 2.24) is 4.98 Å². The second-order valence-electron chi connectivity index (χ2n) is 6.69. The zero-order chi connectivity index (χ0) is 20.5. The molecule has 7 heteroatoms. The summed E-state index contributed by atoms with van der Waals surface area (Å²) in [6, 6.07) is 17.7. The summed E-state index contributed by atoms with van der Waals surface area (Å²) in [5.74, 6) is -0.332. The molecule has 0 saturated carbocycles. The maximum atomic E-state index is 13.1. The van der Waals surface area contributed by atoms with Gasteiger partial charge in [0.1, 0.15) is 0 Å². The zero-order valence-electron chi connectivity index (χ0n) is 15.8. The smallest absolute Gasteiger partial charge is 0.271 e. The van der Waals surface area contributed by atoms with E-state index in [1.165, 1.54) is 12.1 Å². The number of hydrogen-bond donors (Lipinski definition) is 1. The summed E-state index contributed by atoms with van der Waals surface area (Å²) in [6.07, 6.45) is 0. The third-order valence-corrected chi connectivity index (χ3v) is 5.66. The van der Waals surface area contributed by atoms with Crippen molar-refractivity contribution in [3.8, 4) is 10.6 Å². The number of benzene rings is 2. The first-order chi connectivity index (χ1) is 13.9. The predicted molar refractivity (Wildman–Crippen MR) is 116 cm³/mol. The zero-order valence-corrected chi connectivity index (χ0v) is 16.6. The van der Waals surface area contributed by atoms with Crippen molar-refractivity contribution < 1.29 is 9.72 Å². The van der Waals surface area contributed by atoms with E-state index >= 15 is 0 Å². The van der Waals surface area contributed by atoms with Gasteiger partial charge in [-0.3, -0.25) is 14.9 Å². The van der Waals surface area contributed by atoms with Crippen molar-refractivity contribution in [1.29, 1.82) is 0 Å². The minimum absolute atomic E-state index is 0.0692. The molecule has 0 saturated heterocycles. The highest BCUT2D eigenvalue weighted by Crippen LogP contribution is 2.30. The molecule has 0 unspecified atom stereocenters. The first-order valence-electron chi connectivity index (χ1n) is 8.95. The number of non-ortho nitro benzene ring substituents is 1. The number of carbonyl (C=O) groups is 1. The van der Waals surface area contributed by atoms with E-state index in [9.17, 15) is 14.9 Å². The molecule has 0 aliphatic heterocycles. The van der Waals surface area contributed by atoms with Crippen LogP contribution in [0.3, 0.4) is 0 Å². The second kappa shape index (κ2) is 7.44. The van der Waals surface area contributed by atoms with Gasteiger partial charge in [0, 0.05) is 22.4 Å². The van der Waals surface area contributed by atoms with Gasteiger partial charge in [-0.1, -0.05) is 24.3 Å². The van der Waals surface area contributed by atoms with E-state index in [4.69, 9.17) is 4.98 Å². The minimum atomic E-state index is -0.478. The first kappa shape index (κ1) is 18.8. The number of aryl methyl sites for hydroxylation is 2. The fraction of sp³-hybridized carbons (Fsp3) is 0.0909. The van der Waals surface area contributed by atoms with Gasteiger partial charge in [-0.05, 0) is 43.7 Å². The molecule has 0 spiro atoms. The van der Waals surface area contributed by atoms with Crippen LogP contribution in [0.5, 0.6) is 0 Å². The van der Waals surface area contributed by atoms with E-state index in [-0.39, 0.29) is 11.6 Å². The third kappa shape index (κ3) is 3.72. The van der Waals surface area contributed by atoms with Crippen molar-refractivity contribution in [3.63, 3.8) is 0 Å². The molecule has 29 heavy (non-hydrogen) atoms. The van der Waals surface area contributed by atoms with E-state index in [2.05, 4.69) is 5.32 Å². The Bertz CT molecular complexity index is 1260. The van der Waals surface area contributed by atoms with Crippen LogP contribution < -0.4 is 5.32 Å². The van der Waals surface area contributed by atoms with Crippen LogP contribution in [-0.4, -0.2) is 15.8 Å². The van der Waals surface area contributed by atoms with Crippen LogP contribution in [-0.2, 0) is 0 Å². The van der Waals surface area contributed by atoms with Crippen molar-refractivity contribution in [3.05, 3.63) is 86.8 Å². The number of fused-ring (bicyclic) bond motifs is 1. The van der Waals surface area contributed by atoms with Gasteiger partial charge in [-0.15, -0.1) is 11.3 Å². The van der Waals surface area contributed by atoms with Crippen LogP contribution in [0.25, 0.3) is 21.5 Å². The molecule has 6 nitrogen and oxygen atoms in total. The SMILES string of the molecule is Cc1ccc(-c2cc(C(=O)Nc3cc([N+](=O)[O-])ccc3C)c3ccccc3n2)s1. The van der Waals surface area contributed by atoms with Gasteiger partial charge in [0.2, 0.25) is 0 Å². The molecule has 4 rings (SSSR count). The average Bonchev–Trinajstić information content (AvgIpc) is 3.15. The molecule has 2 heterocycles. The largest absolute Gasteiger partial charge is 0.321 e. The molecule has 4 aromatic rings. The summed E-state index contributed by atoms with van der Waals surface area (Å²) in [4.78, 5) is 30.6. The number of nitro groups is 1. The van der Waals surface area contributed by atoms with Crippen LogP contribution in [0.15, 0.2) is 60.7 Å². The van der Waals surface area contributed by atoms with Gasteiger partial charge in [-0.2, -0.15) is 0 Å². The second-order valence-corrected chi connectivity index (χ2v) is 7.98. The monoisotopic (exact) mass is 403 g/mol. The lowest BCUT2D eigenvalue weighted by atomic mass is 10.1. The van der Waals surface area contributed by atoms with E-state index in [1.54, 1.807) is 30.4 Å². The summed E-state index contributed by atoms with van der Waals surface area (Å²) in [7, 11) is 0. The number of thiophene rings is 1. The molecule has 0 bridgehead atoms. The molecule has 0 atom stereocenters. The van der Waals surface area contributed by atoms with Gasteiger partial charge in [-0.25, -0.2) is 4.98 Å². The van der Waals surface area contributed by atoms with Crippen LogP contribution in [0.4, 0.5) is 11.4 Å². The standard InChI is InChI=1S/C22H17N3O3S/c1-13-7-9-15(25(27)28)11-19(13)24-22(26)17-12-20(21-10-8-14(2)29-21)23-18-6-4-3-5-16(17)18/h3-12H,1-2H3,(H,24,26). The highest BCUT2D eigenvalue weighted by atomic mass is 32.1. The Morgan fingerprint density at radius 1 is 1.07 bits per heavy atom. The van der Waals surface area contributed by atoms with E-state index in [0.29, 0.717) is 11.3 Å². The third-order valence-electron chi connectivity index (χ3n) is 4.63. The van der Waals surface area contributed by atoms with Crippen molar-refractivity contribution in [2.75, 3.05) is 5.32 Å². The Balaban J connectivity index is 1.79. The highest BCUT2D eigenvalue weighted by molar-refractivity contribution is 7.15. The molecular formula is C22H17N3O3S. The Morgan fingerprint density at radius 3 is 2.59 bits per heavy atom. The molecule has 0 aliphatic rings. The number of rotatable bonds is 4. The Labute approximate surface area is 171 Å². The fourth-order valence-corrected chi connectivity index (χ4v) is 3.94. The van der Waals surface area contributed by atoms with Crippen molar-refractivity contribution >= 4 is 39.5 Å². The molecule has 0 radical (unpaired) electrons. The number of nitrogens with zero attached hydrogens (tertiary/aromatic N) is 2. The number of carbonyl (C=O) groups excluding carboxylic acids is 1. The number of nitrogens with one attached hydrogen (secondary N) is 1.